The smallest absolute Gasteiger partial charge is 0.329 e. The summed E-state index contributed by atoms with van der Waals surface area (Å²) < 4.78 is 5.05. The Labute approximate surface area is 140 Å². The molecule has 0 aliphatic carbocycles. The van der Waals surface area contributed by atoms with Crippen molar-refractivity contribution in [1.82, 2.24) is 5.43 Å². The van der Waals surface area contributed by atoms with Gasteiger partial charge in [0.2, 0.25) is 0 Å². The molecule has 6 nitrogen and oxygen atoms in total. The highest BCUT2D eigenvalue weighted by molar-refractivity contribution is 6.39. The first kappa shape index (κ1) is 17.2. The van der Waals surface area contributed by atoms with Crippen LogP contribution in [-0.2, 0) is 16.0 Å². The number of nitrogens with zero attached hydrogens (tertiary/aromatic N) is 1. The molecule has 0 atom stereocenters. The lowest BCUT2D eigenvalue weighted by Gasteiger charge is -2.04. The molecule has 2 N–H and O–H groups in total. The van der Waals surface area contributed by atoms with Crippen LogP contribution in [0.3, 0.4) is 0 Å². The third-order valence-electron chi connectivity index (χ3n) is 3.32. The summed E-state index contributed by atoms with van der Waals surface area (Å²) in [6.07, 6.45) is 2.36. The minimum Gasteiger partial charge on any atom is -0.497 e. The maximum Gasteiger partial charge on any atom is 0.329 e. The largest absolute Gasteiger partial charge is 0.497 e. The molecule has 2 aromatic carbocycles. The second-order valence-corrected chi connectivity index (χ2v) is 4.98. The van der Waals surface area contributed by atoms with Gasteiger partial charge >= 0.3 is 11.8 Å². The average Bonchev–Trinajstić information content (AvgIpc) is 2.62. The Kier molecular flexibility index (Phi) is 6.08. The van der Waals surface area contributed by atoms with Crippen LogP contribution in [0.1, 0.15) is 18.1 Å². The Balaban J connectivity index is 1.86. The topological polar surface area (TPSA) is 79.8 Å². The van der Waals surface area contributed by atoms with Crippen molar-refractivity contribution in [2.75, 3.05) is 12.4 Å². The lowest BCUT2D eigenvalue weighted by atomic mass is 10.1. The van der Waals surface area contributed by atoms with Crippen LogP contribution < -0.4 is 15.5 Å². The first-order valence-electron chi connectivity index (χ1n) is 7.49. The quantitative estimate of drug-likeness (QED) is 0.503. The van der Waals surface area contributed by atoms with E-state index in [1.807, 2.05) is 19.1 Å². The van der Waals surface area contributed by atoms with E-state index in [0.29, 0.717) is 5.69 Å². The van der Waals surface area contributed by atoms with Gasteiger partial charge in [-0.3, -0.25) is 9.59 Å². The first-order valence-corrected chi connectivity index (χ1v) is 7.49. The van der Waals surface area contributed by atoms with E-state index in [-0.39, 0.29) is 0 Å². The first-order chi connectivity index (χ1) is 11.6. The fraction of sp³-hybridized carbons (Fsp3) is 0.167. The monoisotopic (exact) mass is 325 g/mol. The van der Waals surface area contributed by atoms with Gasteiger partial charge in [0.1, 0.15) is 5.75 Å². The number of methoxy groups -OCH3 is 1. The lowest BCUT2D eigenvalue weighted by molar-refractivity contribution is -0.136. The standard InChI is InChI=1S/C18H19N3O3/c1-3-13-4-8-15(9-5-13)20-17(22)18(23)21-19-12-14-6-10-16(24-2)11-7-14/h4-12H,3H2,1-2H3,(H,20,22)(H,21,23)/b19-12-. The van der Waals surface area contributed by atoms with Crippen molar-refractivity contribution in [3.8, 4) is 5.75 Å². The molecule has 124 valence electrons. The molecule has 2 amide bonds. The number of carbonyl (C=O) groups is 2. The molecule has 0 saturated carbocycles. The number of hydrogen-bond donors (Lipinski definition) is 2. The molecule has 0 aliphatic heterocycles. The molecule has 6 heteroatoms. The number of aryl methyl sites for hydroxylation is 1. The summed E-state index contributed by atoms with van der Waals surface area (Å²) in [4.78, 5) is 23.5. The van der Waals surface area contributed by atoms with E-state index in [4.69, 9.17) is 4.74 Å². The van der Waals surface area contributed by atoms with E-state index < -0.39 is 11.8 Å². The maximum absolute atomic E-state index is 11.8. The number of benzene rings is 2. The van der Waals surface area contributed by atoms with E-state index in [9.17, 15) is 9.59 Å². The van der Waals surface area contributed by atoms with Crippen LogP contribution in [0.15, 0.2) is 53.6 Å². The van der Waals surface area contributed by atoms with Crippen LogP contribution in [0.2, 0.25) is 0 Å². The average molecular weight is 325 g/mol. The molecule has 0 unspecified atom stereocenters. The highest BCUT2D eigenvalue weighted by atomic mass is 16.5. The number of ether oxygens (including phenoxy) is 1. The Morgan fingerprint density at radius 1 is 1.04 bits per heavy atom. The van der Waals surface area contributed by atoms with Gasteiger partial charge in [-0.2, -0.15) is 5.10 Å². The Morgan fingerprint density at radius 3 is 2.29 bits per heavy atom. The van der Waals surface area contributed by atoms with Crippen molar-refractivity contribution >= 4 is 23.7 Å². The van der Waals surface area contributed by atoms with Gasteiger partial charge in [-0.15, -0.1) is 0 Å². The minimum absolute atomic E-state index is 0.562. The fourth-order valence-corrected chi connectivity index (χ4v) is 1.92. The lowest BCUT2D eigenvalue weighted by Crippen LogP contribution is -2.32. The predicted molar refractivity (Wildman–Crippen MR) is 93.2 cm³/mol. The number of hydrogen-bond acceptors (Lipinski definition) is 4. The van der Waals surface area contributed by atoms with E-state index >= 15 is 0 Å². The molecule has 0 aliphatic rings. The summed E-state index contributed by atoms with van der Waals surface area (Å²) in [5, 5.41) is 6.28. The minimum atomic E-state index is -0.834. The van der Waals surface area contributed by atoms with Crippen LogP contribution in [-0.4, -0.2) is 25.1 Å². The molecule has 0 bridgehead atoms. The zero-order chi connectivity index (χ0) is 17.4. The normalized spacial score (nSPS) is 10.4. The number of carbonyl (C=O) groups excluding carboxylic acids is 2. The maximum atomic E-state index is 11.8. The van der Waals surface area contributed by atoms with Gasteiger partial charge in [-0.05, 0) is 53.9 Å². The van der Waals surface area contributed by atoms with Crippen molar-refractivity contribution in [1.29, 1.82) is 0 Å². The van der Waals surface area contributed by atoms with Gasteiger partial charge in [0.25, 0.3) is 0 Å². The number of amides is 2. The van der Waals surface area contributed by atoms with Crippen LogP contribution in [0.5, 0.6) is 5.75 Å². The SMILES string of the molecule is CCc1ccc(NC(=O)C(=O)N/N=C\c2ccc(OC)cc2)cc1. The number of rotatable bonds is 5. The van der Waals surface area contributed by atoms with Crippen molar-refractivity contribution in [2.24, 2.45) is 5.10 Å². The van der Waals surface area contributed by atoms with Gasteiger partial charge in [0.05, 0.1) is 13.3 Å². The summed E-state index contributed by atoms with van der Waals surface area (Å²) in [6, 6.07) is 14.4. The molecule has 0 spiro atoms. The Morgan fingerprint density at radius 2 is 1.71 bits per heavy atom. The molecule has 0 heterocycles. The molecule has 2 rings (SSSR count). The third-order valence-corrected chi connectivity index (χ3v) is 3.32. The van der Waals surface area contributed by atoms with E-state index in [0.717, 1.165) is 23.3 Å². The fourth-order valence-electron chi connectivity index (χ4n) is 1.92. The van der Waals surface area contributed by atoms with E-state index in [2.05, 4.69) is 15.8 Å². The number of hydrazone groups is 1. The summed E-state index contributed by atoms with van der Waals surface area (Å²) in [5.41, 5.74) is 4.68. The van der Waals surface area contributed by atoms with E-state index in [1.54, 1.807) is 43.5 Å². The molecule has 24 heavy (non-hydrogen) atoms. The zero-order valence-corrected chi connectivity index (χ0v) is 13.6. The van der Waals surface area contributed by atoms with Gasteiger partial charge in [-0.25, -0.2) is 5.43 Å². The molecular weight excluding hydrogens is 306 g/mol. The zero-order valence-electron chi connectivity index (χ0n) is 13.6. The predicted octanol–water partition coefficient (Wildman–Crippen LogP) is 2.35. The van der Waals surface area contributed by atoms with Crippen molar-refractivity contribution in [3.63, 3.8) is 0 Å². The summed E-state index contributed by atoms with van der Waals surface area (Å²) >= 11 is 0. The summed E-state index contributed by atoms with van der Waals surface area (Å²) in [7, 11) is 1.58. The Bertz CT molecular complexity index is 722. The summed E-state index contributed by atoms with van der Waals surface area (Å²) in [5.74, 6) is -0.880. The molecule has 0 aromatic heterocycles. The highest BCUT2D eigenvalue weighted by Crippen LogP contribution is 2.10. The van der Waals surface area contributed by atoms with Crippen LogP contribution >= 0.6 is 0 Å². The van der Waals surface area contributed by atoms with Crippen molar-refractivity contribution in [2.45, 2.75) is 13.3 Å². The second kappa shape index (κ2) is 8.47. The van der Waals surface area contributed by atoms with Gasteiger partial charge < -0.3 is 10.1 Å². The van der Waals surface area contributed by atoms with Crippen LogP contribution in [0, 0.1) is 0 Å². The highest BCUT2D eigenvalue weighted by Gasteiger charge is 2.12. The van der Waals surface area contributed by atoms with Crippen molar-refractivity contribution < 1.29 is 14.3 Å². The van der Waals surface area contributed by atoms with Gasteiger partial charge in [0, 0.05) is 5.69 Å². The third kappa shape index (κ3) is 4.95. The van der Waals surface area contributed by atoms with Gasteiger partial charge in [-0.1, -0.05) is 19.1 Å². The van der Waals surface area contributed by atoms with Crippen LogP contribution in [0.4, 0.5) is 5.69 Å². The van der Waals surface area contributed by atoms with Crippen LogP contribution in [0.25, 0.3) is 0 Å². The molecule has 2 aromatic rings. The summed E-state index contributed by atoms with van der Waals surface area (Å²) in [6.45, 7) is 2.04. The Hall–Kier alpha value is -3.15. The van der Waals surface area contributed by atoms with Gasteiger partial charge in [0.15, 0.2) is 0 Å². The molecular formula is C18H19N3O3. The molecule has 0 radical (unpaired) electrons. The van der Waals surface area contributed by atoms with E-state index in [1.165, 1.54) is 6.21 Å². The van der Waals surface area contributed by atoms with Crippen molar-refractivity contribution in [3.05, 3.63) is 59.7 Å². The molecule has 0 fully saturated rings. The number of nitrogens with one attached hydrogen (secondary N) is 2. The molecule has 0 saturated heterocycles. The second-order valence-electron chi connectivity index (χ2n) is 4.98. The number of anilines is 1.